The minimum Gasteiger partial charge on any atom is -0.339 e. The summed E-state index contributed by atoms with van der Waals surface area (Å²) in [5.41, 5.74) is 6.30. The topological polar surface area (TPSA) is 64.9 Å². The van der Waals surface area contributed by atoms with Crippen molar-refractivity contribution in [1.29, 1.82) is 0 Å². The van der Waals surface area contributed by atoms with Gasteiger partial charge in [0.15, 0.2) is 0 Å². The summed E-state index contributed by atoms with van der Waals surface area (Å²) >= 11 is 6.04. The highest BCUT2D eigenvalue weighted by atomic mass is 35.5. The third-order valence-corrected chi connectivity index (χ3v) is 2.66. The zero-order chi connectivity index (χ0) is 11.5. The molecule has 2 rings (SSSR count). The molecular weight excluding hydrogens is 226 g/mol. The van der Waals surface area contributed by atoms with Gasteiger partial charge in [-0.3, -0.25) is 0 Å². The molecule has 2 N–H and O–H groups in total. The number of aromatic nitrogens is 2. The van der Waals surface area contributed by atoms with Gasteiger partial charge in [0.2, 0.25) is 11.7 Å². The van der Waals surface area contributed by atoms with E-state index in [1.54, 1.807) is 6.07 Å². The first-order chi connectivity index (χ1) is 7.72. The highest BCUT2D eigenvalue weighted by molar-refractivity contribution is 6.33. The van der Waals surface area contributed by atoms with Crippen LogP contribution in [0.25, 0.3) is 11.4 Å². The molecule has 0 aliphatic rings. The minimum atomic E-state index is 0.0590. The molecule has 0 spiro atoms. The van der Waals surface area contributed by atoms with Gasteiger partial charge in [-0.15, -0.1) is 0 Å². The van der Waals surface area contributed by atoms with Crippen LogP contribution in [0.4, 0.5) is 0 Å². The molecule has 0 saturated carbocycles. The van der Waals surface area contributed by atoms with Crippen LogP contribution in [0.15, 0.2) is 28.8 Å². The number of nitrogens with zero attached hydrogens (tertiary/aromatic N) is 2. The Labute approximate surface area is 98.4 Å². The Balaban J connectivity index is 2.35. The number of hydrogen-bond donors (Lipinski definition) is 1. The molecule has 0 aliphatic heterocycles. The third kappa shape index (κ3) is 2.08. The van der Waals surface area contributed by atoms with E-state index in [0.29, 0.717) is 23.3 Å². The standard InChI is InChI=1S/C11H12ClN3O/c1-7(6-13)11-14-10(15-16-11)8-4-2-3-5-9(8)12/h2-5,7H,6,13H2,1H3. The van der Waals surface area contributed by atoms with Crippen molar-refractivity contribution in [3.05, 3.63) is 35.2 Å². The lowest BCUT2D eigenvalue weighted by atomic mass is 10.2. The predicted molar refractivity (Wildman–Crippen MR) is 62.2 cm³/mol. The third-order valence-electron chi connectivity index (χ3n) is 2.33. The van der Waals surface area contributed by atoms with Gasteiger partial charge < -0.3 is 10.3 Å². The number of hydrogen-bond acceptors (Lipinski definition) is 4. The van der Waals surface area contributed by atoms with E-state index in [0.717, 1.165) is 5.56 Å². The fourth-order valence-corrected chi connectivity index (χ4v) is 1.51. The highest BCUT2D eigenvalue weighted by Gasteiger charge is 2.15. The first-order valence-electron chi connectivity index (χ1n) is 5.01. The molecule has 84 valence electrons. The molecule has 1 aromatic carbocycles. The van der Waals surface area contributed by atoms with Crippen molar-refractivity contribution in [3.8, 4) is 11.4 Å². The number of nitrogens with two attached hydrogens (primary N) is 1. The van der Waals surface area contributed by atoms with Crippen molar-refractivity contribution in [3.63, 3.8) is 0 Å². The fourth-order valence-electron chi connectivity index (χ4n) is 1.29. The maximum absolute atomic E-state index is 6.04. The van der Waals surface area contributed by atoms with Crippen LogP contribution >= 0.6 is 11.6 Å². The van der Waals surface area contributed by atoms with E-state index in [-0.39, 0.29) is 5.92 Å². The molecule has 0 fully saturated rings. The van der Waals surface area contributed by atoms with E-state index in [1.165, 1.54) is 0 Å². The average Bonchev–Trinajstić information content (AvgIpc) is 2.78. The van der Waals surface area contributed by atoms with Crippen molar-refractivity contribution in [2.75, 3.05) is 6.54 Å². The molecule has 1 unspecified atom stereocenters. The molecule has 1 atom stereocenters. The quantitative estimate of drug-likeness (QED) is 0.891. The molecule has 0 amide bonds. The Morgan fingerprint density at radius 2 is 2.19 bits per heavy atom. The highest BCUT2D eigenvalue weighted by Crippen LogP contribution is 2.26. The SMILES string of the molecule is CC(CN)c1nc(-c2ccccc2Cl)no1. The molecule has 0 saturated heterocycles. The van der Waals surface area contributed by atoms with Gasteiger partial charge in [0.1, 0.15) is 0 Å². The van der Waals surface area contributed by atoms with Gasteiger partial charge in [0, 0.05) is 18.0 Å². The second kappa shape index (κ2) is 4.63. The molecule has 5 heteroatoms. The van der Waals surface area contributed by atoms with Crippen LogP contribution in [0.5, 0.6) is 0 Å². The molecule has 16 heavy (non-hydrogen) atoms. The zero-order valence-electron chi connectivity index (χ0n) is 8.85. The Morgan fingerprint density at radius 1 is 1.44 bits per heavy atom. The summed E-state index contributed by atoms with van der Waals surface area (Å²) in [5, 5.41) is 4.50. The Kier molecular flexibility index (Phi) is 3.22. The van der Waals surface area contributed by atoms with Gasteiger partial charge in [-0.2, -0.15) is 4.98 Å². The van der Waals surface area contributed by atoms with Crippen molar-refractivity contribution in [2.24, 2.45) is 5.73 Å². The lowest BCUT2D eigenvalue weighted by molar-refractivity contribution is 0.361. The van der Waals surface area contributed by atoms with E-state index in [1.807, 2.05) is 25.1 Å². The second-order valence-corrected chi connectivity index (χ2v) is 3.98. The number of rotatable bonds is 3. The average molecular weight is 238 g/mol. The molecule has 1 aromatic heterocycles. The van der Waals surface area contributed by atoms with E-state index in [2.05, 4.69) is 10.1 Å². The first-order valence-corrected chi connectivity index (χ1v) is 5.38. The molecular formula is C11H12ClN3O. The molecule has 0 aliphatic carbocycles. The van der Waals surface area contributed by atoms with Crippen LogP contribution in [0, 0.1) is 0 Å². The lowest BCUT2D eigenvalue weighted by Crippen LogP contribution is -2.08. The van der Waals surface area contributed by atoms with Gasteiger partial charge in [0.05, 0.1) is 5.02 Å². The smallest absolute Gasteiger partial charge is 0.231 e. The summed E-state index contributed by atoms with van der Waals surface area (Å²) in [6, 6.07) is 7.38. The summed E-state index contributed by atoms with van der Waals surface area (Å²) < 4.78 is 5.13. The molecule has 0 bridgehead atoms. The van der Waals surface area contributed by atoms with Crippen LogP contribution in [-0.2, 0) is 0 Å². The number of halogens is 1. The van der Waals surface area contributed by atoms with Crippen LogP contribution in [0.1, 0.15) is 18.7 Å². The summed E-state index contributed by atoms with van der Waals surface area (Å²) in [7, 11) is 0. The summed E-state index contributed by atoms with van der Waals surface area (Å²) in [6.45, 7) is 2.41. The lowest BCUT2D eigenvalue weighted by Gasteiger charge is -1.99. The van der Waals surface area contributed by atoms with Crippen LogP contribution in [0.2, 0.25) is 5.02 Å². The first kappa shape index (κ1) is 11.1. The molecule has 1 heterocycles. The molecule has 0 radical (unpaired) electrons. The Morgan fingerprint density at radius 3 is 2.88 bits per heavy atom. The second-order valence-electron chi connectivity index (χ2n) is 3.57. The van der Waals surface area contributed by atoms with Gasteiger partial charge in [-0.1, -0.05) is 35.8 Å². The van der Waals surface area contributed by atoms with Crippen molar-refractivity contribution >= 4 is 11.6 Å². The Bertz CT molecular complexity index is 484. The van der Waals surface area contributed by atoms with Crippen molar-refractivity contribution < 1.29 is 4.52 Å². The van der Waals surface area contributed by atoms with Crippen LogP contribution < -0.4 is 5.73 Å². The van der Waals surface area contributed by atoms with Gasteiger partial charge in [-0.25, -0.2) is 0 Å². The van der Waals surface area contributed by atoms with Gasteiger partial charge in [-0.05, 0) is 12.1 Å². The maximum Gasteiger partial charge on any atom is 0.231 e. The van der Waals surface area contributed by atoms with Gasteiger partial charge in [0.25, 0.3) is 0 Å². The minimum absolute atomic E-state index is 0.0590. The fraction of sp³-hybridized carbons (Fsp3) is 0.273. The molecule has 2 aromatic rings. The summed E-state index contributed by atoms with van der Waals surface area (Å²) in [6.07, 6.45) is 0. The largest absolute Gasteiger partial charge is 0.339 e. The summed E-state index contributed by atoms with van der Waals surface area (Å²) in [4.78, 5) is 4.27. The van der Waals surface area contributed by atoms with E-state index in [4.69, 9.17) is 21.9 Å². The van der Waals surface area contributed by atoms with Crippen LogP contribution in [-0.4, -0.2) is 16.7 Å². The molecule has 4 nitrogen and oxygen atoms in total. The van der Waals surface area contributed by atoms with E-state index in [9.17, 15) is 0 Å². The predicted octanol–water partition coefficient (Wildman–Crippen LogP) is 2.45. The zero-order valence-corrected chi connectivity index (χ0v) is 9.61. The Hall–Kier alpha value is -1.39. The number of benzene rings is 1. The van der Waals surface area contributed by atoms with Crippen molar-refractivity contribution in [1.82, 2.24) is 10.1 Å². The normalized spacial score (nSPS) is 12.7. The van der Waals surface area contributed by atoms with E-state index >= 15 is 0 Å². The van der Waals surface area contributed by atoms with Gasteiger partial charge >= 0.3 is 0 Å². The summed E-state index contributed by atoms with van der Waals surface area (Å²) in [5.74, 6) is 1.10. The van der Waals surface area contributed by atoms with Crippen LogP contribution in [0.3, 0.4) is 0 Å². The monoisotopic (exact) mass is 237 g/mol. The van der Waals surface area contributed by atoms with E-state index < -0.39 is 0 Å². The maximum atomic E-state index is 6.04. The van der Waals surface area contributed by atoms with Crippen molar-refractivity contribution in [2.45, 2.75) is 12.8 Å².